The third-order valence-corrected chi connectivity index (χ3v) is 5.56. The number of rotatable bonds is 2. The first-order valence-corrected chi connectivity index (χ1v) is 8.46. The molecule has 3 rings (SSSR count). The van der Waals surface area contributed by atoms with Crippen LogP contribution in [-0.2, 0) is 7.05 Å². The molecule has 1 amide bonds. The molecule has 1 aromatic carbocycles. The van der Waals surface area contributed by atoms with Gasteiger partial charge in [-0.05, 0) is 24.3 Å². The van der Waals surface area contributed by atoms with E-state index in [4.69, 9.17) is 0 Å². The molecule has 6 nitrogen and oxygen atoms in total. The van der Waals surface area contributed by atoms with Crippen molar-refractivity contribution in [1.82, 2.24) is 4.57 Å². The van der Waals surface area contributed by atoms with Gasteiger partial charge >= 0.3 is 5.00 Å². The highest BCUT2D eigenvalue weighted by Gasteiger charge is 2.15. The Hall–Kier alpha value is -1.84. The average molecular weight is 398 g/mol. The van der Waals surface area contributed by atoms with E-state index in [1.54, 1.807) is 0 Å². The molecule has 22 heavy (non-hydrogen) atoms. The first-order valence-electron chi connectivity index (χ1n) is 6.04. The summed E-state index contributed by atoms with van der Waals surface area (Å²) >= 11 is 5.63. The second kappa shape index (κ2) is 5.75. The Balaban J connectivity index is 2.05. The number of thiophene rings is 1. The lowest BCUT2D eigenvalue weighted by molar-refractivity contribution is -0.380. The number of hydrogen-bond donors (Lipinski definition) is 0. The van der Waals surface area contributed by atoms with Gasteiger partial charge in [0.25, 0.3) is 5.91 Å². The zero-order valence-corrected chi connectivity index (χ0v) is 14.4. The van der Waals surface area contributed by atoms with E-state index in [0.717, 1.165) is 26.0 Å². The average Bonchev–Trinajstić information content (AvgIpc) is 3.05. The van der Waals surface area contributed by atoms with E-state index >= 15 is 0 Å². The Morgan fingerprint density at radius 2 is 2.09 bits per heavy atom. The lowest BCUT2D eigenvalue weighted by Gasteiger charge is -1.95. The number of aryl methyl sites for hydroxylation is 1. The zero-order valence-electron chi connectivity index (χ0n) is 11.1. The van der Waals surface area contributed by atoms with Crippen LogP contribution in [-0.4, -0.2) is 15.4 Å². The lowest BCUT2D eigenvalue weighted by Crippen LogP contribution is -2.12. The molecule has 2 aromatic heterocycles. The fourth-order valence-electron chi connectivity index (χ4n) is 1.90. The number of fused-ring (bicyclic) bond motifs is 1. The standard InChI is InChI=1S/C13H8BrN3O3S2/c1-16-8-3-2-7(14)6-10(8)22-13(16)15-12(18)9-4-5-11(21-9)17(19)20/h2-6H,1H3. The number of carbonyl (C=O) groups is 1. The van der Waals surface area contributed by atoms with Crippen molar-refractivity contribution in [3.05, 3.63) is 54.6 Å². The Labute approximate surface area is 140 Å². The number of hydrogen-bond acceptors (Lipinski definition) is 5. The molecule has 0 unspecified atom stereocenters. The van der Waals surface area contributed by atoms with Crippen LogP contribution in [0, 0.1) is 10.1 Å². The van der Waals surface area contributed by atoms with Crippen molar-refractivity contribution < 1.29 is 9.72 Å². The fraction of sp³-hybridized carbons (Fsp3) is 0.0769. The predicted molar refractivity (Wildman–Crippen MR) is 89.4 cm³/mol. The summed E-state index contributed by atoms with van der Waals surface area (Å²) in [6.45, 7) is 0. The van der Waals surface area contributed by atoms with E-state index in [1.807, 2.05) is 29.8 Å². The molecular weight excluding hydrogens is 390 g/mol. The van der Waals surface area contributed by atoms with Crippen LogP contribution >= 0.6 is 38.6 Å². The van der Waals surface area contributed by atoms with Crippen molar-refractivity contribution >= 4 is 59.7 Å². The molecule has 9 heteroatoms. The van der Waals surface area contributed by atoms with E-state index in [9.17, 15) is 14.9 Å². The molecule has 0 aliphatic carbocycles. The predicted octanol–water partition coefficient (Wildman–Crippen LogP) is 3.71. The summed E-state index contributed by atoms with van der Waals surface area (Å²) in [6, 6.07) is 8.56. The topological polar surface area (TPSA) is 77.5 Å². The number of thiazole rings is 1. The molecule has 0 saturated heterocycles. The summed E-state index contributed by atoms with van der Waals surface area (Å²) in [5.41, 5.74) is 0.969. The van der Waals surface area contributed by atoms with Crippen LogP contribution in [0.5, 0.6) is 0 Å². The number of amides is 1. The molecule has 112 valence electrons. The van der Waals surface area contributed by atoms with Gasteiger partial charge in [-0.25, -0.2) is 0 Å². The Bertz CT molecular complexity index is 970. The number of benzene rings is 1. The van der Waals surface area contributed by atoms with Crippen molar-refractivity contribution in [2.75, 3.05) is 0 Å². The summed E-state index contributed by atoms with van der Waals surface area (Å²) in [5, 5.41) is 10.6. The van der Waals surface area contributed by atoms with Crippen molar-refractivity contribution in [1.29, 1.82) is 0 Å². The fourth-order valence-corrected chi connectivity index (χ4v) is 4.17. The minimum Gasteiger partial charge on any atom is -0.319 e. The van der Waals surface area contributed by atoms with E-state index in [0.29, 0.717) is 4.80 Å². The second-order valence-corrected chi connectivity index (χ2v) is 7.35. The van der Waals surface area contributed by atoms with Gasteiger partial charge < -0.3 is 4.57 Å². The van der Waals surface area contributed by atoms with E-state index < -0.39 is 10.8 Å². The monoisotopic (exact) mass is 397 g/mol. The normalized spacial score (nSPS) is 12.0. The molecule has 0 spiro atoms. The van der Waals surface area contributed by atoms with Crippen LogP contribution in [0.15, 0.2) is 39.8 Å². The van der Waals surface area contributed by atoms with Crippen LogP contribution in [0.1, 0.15) is 9.67 Å². The first kappa shape index (κ1) is 15.1. The Morgan fingerprint density at radius 3 is 2.77 bits per heavy atom. The SMILES string of the molecule is Cn1c(=NC(=O)c2ccc([N+](=O)[O-])s2)sc2cc(Br)ccc21. The van der Waals surface area contributed by atoms with Crippen LogP contribution in [0.3, 0.4) is 0 Å². The molecule has 0 aliphatic rings. The molecule has 0 radical (unpaired) electrons. The highest BCUT2D eigenvalue weighted by Crippen LogP contribution is 2.25. The maximum absolute atomic E-state index is 12.2. The highest BCUT2D eigenvalue weighted by atomic mass is 79.9. The molecule has 0 atom stereocenters. The maximum Gasteiger partial charge on any atom is 0.324 e. The highest BCUT2D eigenvalue weighted by molar-refractivity contribution is 9.10. The van der Waals surface area contributed by atoms with Crippen LogP contribution in [0.25, 0.3) is 10.2 Å². The van der Waals surface area contributed by atoms with Gasteiger partial charge in [0.15, 0.2) is 4.80 Å². The van der Waals surface area contributed by atoms with Gasteiger partial charge in [0, 0.05) is 17.6 Å². The third-order valence-electron chi connectivity index (χ3n) is 2.95. The largest absolute Gasteiger partial charge is 0.324 e. The lowest BCUT2D eigenvalue weighted by atomic mass is 10.3. The van der Waals surface area contributed by atoms with Crippen LogP contribution < -0.4 is 4.80 Å². The number of halogens is 1. The van der Waals surface area contributed by atoms with Crippen LogP contribution in [0.4, 0.5) is 5.00 Å². The van der Waals surface area contributed by atoms with Gasteiger partial charge in [-0.3, -0.25) is 14.9 Å². The minimum atomic E-state index is -0.515. The minimum absolute atomic E-state index is 0.0665. The Morgan fingerprint density at radius 1 is 1.32 bits per heavy atom. The van der Waals surface area contributed by atoms with Crippen molar-refractivity contribution in [2.24, 2.45) is 12.0 Å². The van der Waals surface area contributed by atoms with Crippen molar-refractivity contribution in [2.45, 2.75) is 0 Å². The van der Waals surface area contributed by atoms with Crippen LogP contribution in [0.2, 0.25) is 0 Å². The smallest absolute Gasteiger partial charge is 0.319 e. The van der Waals surface area contributed by atoms with Crippen molar-refractivity contribution in [3.63, 3.8) is 0 Å². The van der Waals surface area contributed by atoms with Gasteiger partial charge in [-0.15, -0.1) is 0 Å². The summed E-state index contributed by atoms with van der Waals surface area (Å²) in [4.78, 5) is 27.2. The number of nitrogens with zero attached hydrogens (tertiary/aromatic N) is 3. The quantitative estimate of drug-likeness (QED) is 0.488. The molecule has 3 aromatic rings. The number of aromatic nitrogens is 1. The van der Waals surface area contributed by atoms with E-state index in [-0.39, 0.29) is 9.88 Å². The molecule has 2 heterocycles. The molecule has 0 aliphatic heterocycles. The van der Waals surface area contributed by atoms with E-state index in [2.05, 4.69) is 20.9 Å². The zero-order chi connectivity index (χ0) is 15.9. The molecule has 0 fully saturated rings. The third kappa shape index (κ3) is 2.74. The van der Waals surface area contributed by atoms with E-state index in [1.165, 1.54) is 23.5 Å². The van der Waals surface area contributed by atoms with Gasteiger partial charge in [-0.2, -0.15) is 4.99 Å². The van der Waals surface area contributed by atoms with Gasteiger partial charge in [0.2, 0.25) is 0 Å². The molecule has 0 saturated carbocycles. The van der Waals surface area contributed by atoms with Gasteiger partial charge in [0.1, 0.15) is 4.88 Å². The molecule has 0 bridgehead atoms. The van der Waals surface area contributed by atoms with Gasteiger partial charge in [0.05, 0.1) is 15.1 Å². The molecular formula is C13H8BrN3O3S2. The summed E-state index contributed by atoms with van der Waals surface area (Å²) in [6.07, 6.45) is 0. The number of nitro groups is 1. The Kier molecular flexibility index (Phi) is 3.94. The summed E-state index contributed by atoms with van der Waals surface area (Å²) in [7, 11) is 1.83. The van der Waals surface area contributed by atoms with Crippen molar-refractivity contribution in [3.8, 4) is 0 Å². The summed E-state index contributed by atoms with van der Waals surface area (Å²) in [5.74, 6) is -0.473. The maximum atomic E-state index is 12.2. The second-order valence-electron chi connectivity index (χ2n) is 4.37. The first-order chi connectivity index (χ1) is 10.5. The summed E-state index contributed by atoms with van der Waals surface area (Å²) < 4.78 is 3.78. The van der Waals surface area contributed by atoms with Gasteiger partial charge in [-0.1, -0.05) is 38.6 Å². The molecule has 0 N–H and O–H groups in total. The number of carbonyl (C=O) groups excluding carboxylic acids is 1.